The van der Waals surface area contributed by atoms with Gasteiger partial charge in [0, 0.05) is 18.7 Å². The number of rotatable bonds is 4. The first-order chi connectivity index (χ1) is 10.9. The van der Waals surface area contributed by atoms with Crippen molar-refractivity contribution in [2.75, 3.05) is 17.7 Å². The van der Waals surface area contributed by atoms with Gasteiger partial charge >= 0.3 is 0 Å². The van der Waals surface area contributed by atoms with E-state index < -0.39 is 0 Å². The Bertz CT molecular complexity index is 742. The third kappa shape index (κ3) is 4.23. The molecular formula is C17H17ClN2O3. The average molecular weight is 333 g/mol. The van der Waals surface area contributed by atoms with Crippen molar-refractivity contribution in [1.82, 2.24) is 0 Å². The number of aryl methyl sites for hydroxylation is 1. The van der Waals surface area contributed by atoms with Crippen molar-refractivity contribution in [3.05, 3.63) is 52.5 Å². The van der Waals surface area contributed by atoms with Crippen LogP contribution in [0.1, 0.15) is 22.8 Å². The Balaban J connectivity index is 2.30. The van der Waals surface area contributed by atoms with E-state index in [0.717, 1.165) is 5.56 Å². The number of ether oxygens (including phenoxy) is 1. The molecule has 0 aliphatic heterocycles. The van der Waals surface area contributed by atoms with Crippen LogP contribution in [0.5, 0.6) is 5.75 Å². The van der Waals surface area contributed by atoms with Gasteiger partial charge in [0.1, 0.15) is 5.75 Å². The van der Waals surface area contributed by atoms with Crippen molar-refractivity contribution < 1.29 is 14.3 Å². The van der Waals surface area contributed by atoms with Gasteiger partial charge in [-0.2, -0.15) is 0 Å². The van der Waals surface area contributed by atoms with E-state index in [1.807, 2.05) is 31.2 Å². The summed E-state index contributed by atoms with van der Waals surface area (Å²) in [5, 5.41) is 5.63. The minimum absolute atomic E-state index is 0.259. The molecule has 0 aliphatic rings. The summed E-state index contributed by atoms with van der Waals surface area (Å²) in [5.41, 5.74) is 2.45. The topological polar surface area (TPSA) is 67.4 Å². The predicted octanol–water partition coefficient (Wildman–Crippen LogP) is 3.87. The molecule has 0 aliphatic carbocycles. The zero-order valence-electron chi connectivity index (χ0n) is 13.1. The van der Waals surface area contributed by atoms with Gasteiger partial charge in [-0.25, -0.2) is 0 Å². The van der Waals surface area contributed by atoms with Gasteiger partial charge in [-0.15, -0.1) is 0 Å². The molecule has 2 rings (SSSR count). The maximum atomic E-state index is 12.4. The van der Waals surface area contributed by atoms with Crippen LogP contribution in [-0.2, 0) is 4.79 Å². The molecule has 2 N–H and O–H groups in total. The summed E-state index contributed by atoms with van der Waals surface area (Å²) in [6, 6.07) is 10.4. The minimum atomic E-state index is -0.345. The van der Waals surface area contributed by atoms with Crippen molar-refractivity contribution >= 4 is 34.8 Å². The van der Waals surface area contributed by atoms with Crippen LogP contribution in [0.2, 0.25) is 5.02 Å². The van der Waals surface area contributed by atoms with Crippen molar-refractivity contribution in [1.29, 1.82) is 0 Å². The van der Waals surface area contributed by atoms with Crippen molar-refractivity contribution in [3.8, 4) is 5.75 Å². The van der Waals surface area contributed by atoms with E-state index in [0.29, 0.717) is 17.1 Å². The number of hydrogen-bond donors (Lipinski definition) is 2. The van der Waals surface area contributed by atoms with Gasteiger partial charge in [-0.05, 0) is 25.1 Å². The van der Waals surface area contributed by atoms with Crippen LogP contribution in [0.4, 0.5) is 11.4 Å². The van der Waals surface area contributed by atoms with Crippen LogP contribution in [0.3, 0.4) is 0 Å². The van der Waals surface area contributed by atoms with Crippen LogP contribution < -0.4 is 15.4 Å². The smallest absolute Gasteiger partial charge is 0.259 e. The molecule has 2 aromatic carbocycles. The molecular weight excluding hydrogens is 316 g/mol. The number of carbonyl (C=O) groups is 2. The van der Waals surface area contributed by atoms with Gasteiger partial charge in [0.25, 0.3) is 5.91 Å². The second kappa shape index (κ2) is 7.15. The molecule has 0 radical (unpaired) electrons. The molecule has 2 aromatic rings. The number of anilines is 2. The minimum Gasteiger partial charge on any atom is -0.496 e. The number of hydrogen-bond acceptors (Lipinski definition) is 3. The second-order valence-electron chi connectivity index (χ2n) is 5.03. The third-order valence-electron chi connectivity index (χ3n) is 3.15. The van der Waals surface area contributed by atoms with Crippen molar-refractivity contribution in [2.45, 2.75) is 13.8 Å². The maximum absolute atomic E-state index is 12.4. The van der Waals surface area contributed by atoms with Crippen LogP contribution in [-0.4, -0.2) is 18.9 Å². The van der Waals surface area contributed by atoms with Crippen LogP contribution in [0.15, 0.2) is 36.4 Å². The number of amides is 2. The Morgan fingerprint density at radius 3 is 2.30 bits per heavy atom. The molecule has 0 unspecified atom stereocenters. The van der Waals surface area contributed by atoms with E-state index in [9.17, 15) is 9.59 Å². The van der Waals surface area contributed by atoms with Crippen LogP contribution in [0.25, 0.3) is 0 Å². The normalized spacial score (nSPS) is 10.1. The zero-order chi connectivity index (χ0) is 17.0. The van der Waals surface area contributed by atoms with E-state index >= 15 is 0 Å². The lowest BCUT2D eigenvalue weighted by molar-refractivity contribution is -0.114. The van der Waals surface area contributed by atoms with E-state index in [4.69, 9.17) is 16.3 Å². The molecule has 0 saturated carbocycles. The lowest BCUT2D eigenvalue weighted by Gasteiger charge is -2.13. The highest BCUT2D eigenvalue weighted by Crippen LogP contribution is 2.31. The average Bonchev–Trinajstić information content (AvgIpc) is 2.50. The van der Waals surface area contributed by atoms with Crippen LogP contribution in [0, 0.1) is 6.92 Å². The fourth-order valence-corrected chi connectivity index (χ4v) is 2.23. The molecule has 23 heavy (non-hydrogen) atoms. The molecule has 0 bridgehead atoms. The highest BCUT2D eigenvalue weighted by Gasteiger charge is 2.16. The monoisotopic (exact) mass is 332 g/mol. The Morgan fingerprint density at radius 2 is 1.74 bits per heavy atom. The lowest BCUT2D eigenvalue weighted by atomic mass is 10.1. The quantitative estimate of drug-likeness (QED) is 0.893. The van der Waals surface area contributed by atoms with Gasteiger partial charge in [0.15, 0.2) is 0 Å². The summed E-state index contributed by atoms with van der Waals surface area (Å²) >= 11 is 6.12. The SMILES string of the molecule is COc1cc(NC(C)=O)c(Cl)cc1C(=O)Nc1ccc(C)cc1. The Labute approximate surface area is 139 Å². The standard InChI is InChI=1S/C17H17ClN2O3/c1-10-4-6-12(7-5-10)20-17(22)13-8-14(18)15(19-11(2)21)9-16(13)23-3/h4-9H,1-3H3,(H,19,21)(H,20,22). The fraction of sp³-hybridized carbons (Fsp3) is 0.176. The molecule has 0 fully saturated rings. The van der Waals surface area contributed by atoms with Gasteiger partial charge in [-0.1, -0.05) is 29.3 Å². The van der Waals surface area contributed by atoms with Crippen LogP contribution >= 0.6 is 11.6 Å². The molecule has 2 amide bonds. The second-order valence-corrected chi connectivity index (χ2v) is 5.44. The Kier molecular flexibility index (Phi) is 5.24. The zero-order valence-corrected chi connectivity index (χ0v) is 13.8. The molecule has 5 nitrogen and oxygen atoms in total. The molecule has 0 atom stereocenters. The first-order valence-corrected chi connectivity index (χ1v) is 7.31. The molecule has 6 heteroatoms. The van der Waals surface area contributed by atoms with E-state index in [-0.39, 0.29) is 22.4 Å². The summed E-state index contributed by atoms with van der Waals surface area (Å²) < 4.78 is 5.23. The summed E-state index contributed by atoms with van der Waals surface area (Å²) in [6.07, 6.45) is 0. The first kappa shape index (κ1) is 16.8. The highest BCUT2D eigenvalue weighted by atomic mass is 35.5. The number of methoxy groups -OCH3 is 1. The summed E-state index contributed by atoms with van der Waals surface area (Å²) in [4.78, 5) is 23.6. The summed E-state index contributed by atoms with van der Waals surface area (Å²) in [7, 11) is 1.45. The number of halogens is 1. The number of carbonyl (C=O) groups excluding carboxylic acids is 2. The van der Waals surface area contributed by atoms with E-state index in [1.165, 1.54) is 26.2 Å². The summed E-state index contributed by atoms with van der Waals surface area (Å²) in [5.74, 6) is -0.282. The first-order valence-electron chi connectivity index (χ1n) is 6.94. The molecule has 0 saturated heterocycles. The molecule has 0 spiro atoms. The number of benzene rings is 2. The predicted molar refractivity (Wildman–Crippen MR) is 91.4 cm³/mol. The van der Waals surface area contributed by atoms with Crippen molar-refractivity contribution in [3.63, 3.8) is 0 Å². The van der Waals surface area contributed by atoms with Crippen molar-refractivity contribution in [2.24, 2.45) is 0 Å². The van der Waals surface area contributed by atoms with E-state index in [1.54, 1.807) is 0 Å². The van der Waals surface area contributed by atoms with E-state index in [2.05, 4.69) is 10.6 Å². The van der Waals surface area contributed by atoms with Gasteiger partial charge in [0.2, 0.25) is 5.91 Å². The number of nitrogens with one attached hydrogen (secondary N) is 2. The molecule has 0 aromatic heterocycles. The third-order valence-corrected chi connectivity index (χ3v) is 3.47. The van der Waals surface area contributed by atoms with Gasteiger partial charge in [0.05, 0.1) is 23.4 Å². The molecule has 120 valence electrons. The lowest BCUT2D eigenvalue weighted by Crippen LogP contribution is -2.14. The highest BCUT2D eigenvalue weighted by molar-refractivity contribution is 6.34. The summed E-state index contributed by atoms with van der Waals surface area (Å²) in [6.45, 7) is 3.34. The maximum Gasteiger partial charge on any atom is 0.259 e. The molecule has 0 heterocycles. The Morgan fingerprint density at radius 1 is 1.09 bits per heavy atom. The van der Waals surface area contributed by atoms with Gasteiger partial charge in [-0.3, -0.25) is 9.59 Å². The Hall–Kier alpha value is -2.53. The van der Waals surface area contributed by atoms with Gasteiger partial charge < -0.3 is 15.4 Å². The largest absolute Gasteiger partial charge is 0.496 e. The fourth-order valence-electron chi connectivity index (χ4n) is 2.02.